The molecule has 2 aromatic rings. The van der Waals surface area contributed by atoms with Crippen molar-refractivity contribution in [3.8, 4) is 0 Å². The van der Waals surface area contributed by atoms with Gasteiger partial charge in [-0.1, -0.05) is 30.3 Å². The van der Waals surface area contributed by atoms with Crippen LogP contribution in [0.25, 0.3) is 0 Å². The van der Waals surface area contributed by atoms with Gasteiger partial charge in [0.15, 0.2) is 0 Å². The molecule has 29 heavy (non-hydrogen) atoms. The number of benzene rings is 2. The SMILES string of the molecule is COC(=O)c1ccccc1S(=O)(=O)N(CCC(=O)NO)CCc1ccccc1S. The van der Waals surface area contributed by atoms with Gasteiger partial charge >= 0.3 is 5.97 Å². The summed E-state index contributed by atoms with van der Waals surface area (Å²) in [5.41, 5.74) is 2.23. The second-order valence-corrected chi connectivity index (χ2v) is 8.44. The molecule has 1 amide bonds. The third-order valence-electron chi connectivity index (χ3n) is 4.25. The van der Waals surface area contributed by atoms with Crippen LogP contribution < -0.4 is 5.48 Å². The molecule has 0 saturated carbocycles. The van der Waals surface area contributed by atoms with Crippen LogP contribution in [0, 0.1) is 0 Å². The number of carbonyl (C=O) groups excluding carboxylic acids is 2. The van der Waals surface area contributed by atoms with E-state index < -0.39 is 21.9 Å². The van der Waals surface area contributed by atoms with Crippen LogP contribution >= 0.6 is 12.6 Å². The smallest absolute Gasteiger partial charge is 0.339 e. The maximum absolute atomic E-state index is 13.3. The summed E-state index contributed by atoms with van der Waals surface area (Å²) in [5.74, 6) is -1.50. The van der Waals surface area contributed by atoms with Gasteiger partial charge in [-0.2, -0.15) is 4.31 Å². The highest BCUT2D eigenvalue weighted by atomic mass is 32.2. The molecule has 0 spiro atoms. The zero-order chi connectivity index (χ0) is 21.4. The first-order valence-electron chi connectivity index (χ1n) is 8.68. The molecule has 156 valence electrons. The number of sulfonamides is 1. The molecule has 2 aromatic carbocycles. The third-order valence-corrected chi connectivity index (χ3v) is 6.64. The van der Waals surface area contributed by atoms with Crippen LogP contribution in [-0.4, -0.2) is 50.0 Å². The number of hydrogen-bond donors (Lipinski definition) is 3. The lowest BCUT2D eigenvalue weighted by Gasteiger charge is -2.23. The van der Waals surface area contributed by atoms with E-state index in [1.165, 1.54) is 36.9 Å². The lowest BCUT2D eigenvalue weighted by molar-refractivity contribution is -0.129. The summed E-state index contributed by atoms with van der Waals surface area (Å²) in [6, 6.07) is 13.0. The Bertz CT molecular complexity index is 978. The number of hydroxylamine groups is 1. The van der Waals surface area contributed by atoms with Crippen LogP contribution in [0.4, 0.5) is 0 Å². The van der Waals surface area contributed by atoms with Crippen LogP contribution in [0.1, 0.15) is 22.3 Å². The molecule has 0 radical (unpaired) electrons. The number of amides is 1. The number of nitrogens with one attached hydrogen (secondary N) is 1. The molecular weight excluding hydrogens is 416 g/mol. The number of hydrogen-bond acceptors (Lipinski definition) is 7. The summed E-state index contributed by atoms with van der Waals surface area (Å²) in [6.45, 7) is -0.132. The van der Waals surface area contributed by atoms with Gasteiger partial charge in [-0.3, -0.25) is 10.0 Å². The van der Waals surface area contributed by atoms with E-state index in [9.17, 15) is 18.0 Å². The predicted octanol–water partition coefficient (Wildman–Crippen LogP) is 1.89. The molecule has 0 aromatic heterocycles. The second-order valence-electron chi connectivity index (χ2n) is 6.06. The summed E-state index contributed by atoms with van der Waals surface area (Å²) in [6.07, 6.45) is 0.0959. The van der Waals surface area contributed by atoms with E-state index in [1.807, 2.05) is 18.2 Å². The van der Waals surface area contributed by atoms with Gasteiger partial charge in [0.25, 0.3) is 0 Å². The molecule has 0 aliphatic heterocycles. The Morgan fingerprint density at radius 3 is 2.41 bits per heavy atom. The van der Waals surface area contributed by atoms with Gasteiger partial charge in [-0.05, 0) is 30.2 Å². The van der Waals surface area contributed by atoms with Crippen molar-refractivity contribution in [1.82, 2.24) is 9.79 Å². The fraction of sp³-hybridized carbons (Fsp3) is 0.263. The van der Waals surface area contributed by atoms with E-state index in [2.05, 4.69) is 17.4 Å². The molecule has 0 aliphatic rings. The Kier molecular flexibility index (Phi) is 8.21. The Hall–Kier alpha value is -2.40. The van der Waals surface area contributed by atoms with Crippen LogP contribution in [0.15, 0.2) is 58.3 Å². The molecule has 2 rings (SSSR count). The maximum Gasteiger partial charge on any atom is 0.339 e. The van der Waals surface area contributed by atoms with Crippen LogP contribution in [-0.2, 0) is 26.0 Å². The number of methoxy groups -OCH3 is 1. The van der Waals surface area contributed by atoms with E-state index in [0.717, 1.165) is 9.87 Å². The third kappa shape index (κ3) is 5.80. The van der Waals surface area contributed by atoms with E-state index in [-0.39, 0.29) is 30.0 Å². The lowest BCUT2D eigenvalue weighted by atomic mass is 10.1. The minimum Gasteiger partial charge on any atom is -0.465 e. The molecule has 0 saturated heterocycles. The average molecular weight is 439 g/mol. The van der Waals surface area contributed by atoms with Crippen LogP contribution in [0.5, 0.6) is 0 Å². The average Bonchev–Trinajstić information content (AvgIpc) is 2.73. The van der Waals surface area contributed by atoms with Crippen molar-refractivity contribution in [2.24, 2.45) is 0 Å². The van der Waals surface area contributed by atoms with Crippen molar-refractivity contribution in [3.63, 3.8) is 0 Å². The van der Waals surface area contributed by atoms with Gasteiger partial charge in [0.05, 0.1) is 17.6 Å². The number of nitrogens with zero attached hydrogens (tertiary/aromatic N) is 1. The minimum atomic E-state index is -4.13. The van der Waals surface area contributed by atoms with Gasteiger partial charge in [0.1, 0.15) is 0 Å². The molecule has 2 N–H and O–H groups in total. The van der Waals surface area contributed by atoms with E-state index in [1.54, 1.807) is 6.07 Å². The van der Waals surface area contributed by atoms with Gasteiger partial charge in [0.2, 0.25) is 15.9 Å². The highest BCUT2D eigenvalue weighted by Crippen LogP contribution is 2.23. The second kappa shape index (κ2) is 10.4. The molecule has 0 aliphatic carbocycles. The highest BCUT2D eigenvalue weighted by molar-refractivity contribution is 7.89. The lowest BCUT2D eigenvalue weighted by Crippen LogP contribution is -2.37. The summed E-state index contributed by atoms with van der Waals surface area (Å²) in [7, 11) is -2.96. The topological polar surface area (TPSA) is 113 Å². The summed E-state index contributed by atoms with van der Waals surface area (Å²) >= 11 is 4.37. The van der Waals surface area contributed by atoms with E-state index in [0.29, 0.717) is 11.3 Å². The van der Waals surface area contributed by atoms with Crippen molar-refractivity contribution in [2.45, 2.75) is 22.6 Å². The zero-order valence-electron chi connectivity index (χ0n) is 15.7. The molecule has 8 nitrogen and oxygen atoms in total. The van der Waals surface area contributed by atoms with Gasteiger partial charge in [-0.15, -0.1) is 12.6 Å². The normalized spacial score (nSPS) is 11.3. The minimum absolute atomic E-state index is 0.0497. The Morgan fingerprint density at radius 2 is 1.76 bits per heavy atom. The van der Waals surface area contributed by atoms with E-state index in [4.69, 9.17) is 5.21 Å². The number of carbonyl (C=O) groups is 2. The fourth-order valence-corrected chi connectivity index (χ4v) is 4.60. The Morgan fingerprint density at radius 1 is 1.10 bits per heavy atom. The Balaban J connectivity index is 2.37. The first-order valence-corrected chi connectivity index (χ1v) is 10.6. The highest BCUT2D eigenvalue weighted by Gasteiger charge is 2.29. The predicted molar refractivity (Wildman–Crippen MR) is 108 cm³/mol. The van der Waals surface area contributed by atoms with Crippen molar-refractivity contribution in [2.75, 3.05) is 20.2 Å². The first kappa shape index (κ1) is 22.9. The van der Waals surface area contributed by atoms with Crippen molar-refractivity contribution in [1.29, 1.82) is 0 Å². The van der Waals surface area contributed by atoms with Crippen LogP contribution in [0.2, 0.25) is 0 Å². The zero-order valence-corrected chi connectivity index (χ0v) is 17.4. The quantitative estimate of drug-likeness (QED) is 0.239. The number of esters is 1. The number of thiol groups is 1. The molecule has 0 unspecified atom stereocenters. The van der Waals surface area contributed by atoms with Crippen molar-refractivity contribution < 1.29 is 28.0 Å². The monoisotopic (exact) mass is 438 g/mol. The van der Waals surface area contributed by atoms with E-state index >= 15 is 0 Å². The van der Waals surface area contributed by atoms with Gasteiger partial charge in [-0.25, -0.2) is 18.7 Å². The molecule has 0 fully saturated rings. The summed E-state index contributed by atoms with van der Waals surface area (Å²) in [4.78, 5) is 24.0. The van der Waals surface area contributed by atoms with Crippen molar-refractivity contribution >= 4 is 34.5 Å². The summed E-state index contributed by atoms with van der Waals surface area (Å²) in [5, 5.41) is 8.72. The first-order chi connectivity index (χ1) is 13.8. The summed E-state index contributed by atoms with van der Waals surface area (Å²) < 4.78 is 32.4. The van der Waals surface area contributed by atoms with Gasteiger partial charge < -0.3 is 4.74 Å². The maximum atomic E-state index is 13.3. The molecule has 0 heterocycles. The molecule has 0 bridgehead atoms. The number of rotatable bonds is 9. The van der Waals surface area contributed by atoms with Crippen molar-refractivity contribution in [3.05, 3.63) is 59.7 Å². The molecule has 10 heteroatoms. The van der Waals surface area contributed by atoms with Gasteiger partial charge in [0, 0.05) is 24.4 Å². The Labute approximate surface area is 174 Å². The fourth-order valence-electron chi connectivity index (χ4n) is 2.71. The molecule has 0 atom stereocenters. The largest absolute Gasteiger partial charge is 0.465 e. The number of ether oxygens (including phenoxy) is 1. The standard InChI is InChI=1S/C19H22N2O6S2/c1-27-19(23)15-7-3-5-9-17(15)29(25,26)21(13-11-18(22)20-24)12-10-14-6-2-4-8-16(14)28/h2-9,24,28H,10-13H2,1H3,(H,20,22). The molecular formula is C19H22N2O6S2. The van der Waals surface area contributed by atoms with Crippen LogP contribution in [0.3, 0.4) is 0 Å².